The summed E-state index contributed by atoms with van der Waals surface area (Å²) in [4.78, 5) is 1.90. The van der Waals surface area contributed by atoms with Crippen molar-refractivity contribution >= 4 is 15.7 Å². The van der Waals surface area contributed by atoms with Crippen molar-refractivity contribution < 1.29 is 17.2 Å². The van der Waals surface area contributed by atoms with Crippen molar-refractivity contribution in [2.45, 2.75) is 24.3 Å². The molecule has 0 saturated heterocycles. The van der Waals surface area contributed by atoms with Crippen LogP contribution in [-0.2, 0) is 23.0 Å². The largest absolute Gasteiger partial charge is 0.367 e. The Morgan fingerprint density at radius 3 is 2.57 bits per heavy atom. The highest BCUT2D eigenvalue weighted by Gasteiger charge is 2.22. The van der Waals surface area contributed by atoms with E-state index in [9.17, 15) is 17.2 Å². The minimum Gasteiger partial charge on any atom is -0.367 e. The van der Waals surface area contributed by atoms with Gasteiger partial charge in [-0.15, -0.1) is 0 Å². The van der Waals surface area contributed by atoms with Crippen LogP contribution in [0, 0.1) is 11.6 Å². The summed E-state index contributed by atoms with van der Waals surface area (Å²) in [5.41, 5.74) is 1.86. The fraction of sp³-hybridized carbons (Fsp3) is 0.250. The first-order valence-electron chi connectivity index (χ1n) is 7.20. The van der Waals surface area contributed by atoms with E-state index in [-0.39, 0.29) is 11.4 Å². The van der Waals surface area contributed by atoms with Crippen molar-refractivity contribution in [3.8, 4) is 0 Å². The Morgan fingerprint density at radius 1 is 1.13 bits per heavy atom. The molecule has 0 fully saturated rings. The van der Waals surface area contributed by atoms with Crippen LogP contribution in [0.2, 0.25) is 0 Å². The summed E-state index contributed by atoms with van der Waals surface area (Å²) in [5.74, 6) is -1.77. The lowest BCUT2D eigenvalue weighted by atomic mass is 10.0. The first-order chi connectivity index (χ1) is 10.9. The van der Waals surface area contributed by atoms with Gasteiger partial charge in [0.25, 0.3) is 0 Å². The molecule has 1 aliphatic heterocycles. The van der Waals surface area contributed by atoms with Crippen molar-refractivity contribution in [3.63, 3.8) is 0 Å². The van der Waals surface area contributed by atoms with E-state index in [2.05, 4.69) is 0 Å². The quantitative estimate of drug-likeness (QED) is 0.935. The summed E-state index contributed by atoms with van der Waals surface area (Å²) in [5, 5.41) is 5.25. The van der Waals surface area contributed by atoms with E-state index >= 15 is 0 Å². The van der Waals surface area contributed by atoms with Crippen LogP contribution in [0.5, 0.6) is 0 Å². The molecule has 4 nitrogen and oxygen atoms in total. The molecule has 0 radical (unpaired) electrons. The van der Waals surface area contributed by atoms with Crippen LogP contribution in [-0.4, -0.2) is 15.0 Å². The minimum atomic E-state index is -3.84. The van der Waals surface area contributed by atoms with E-state index in [0.29, 0.717) is 24.2 Å². The second-order valence-corrected chi connectivity index (χ2v) is 7.10. The Balaban J connectivity index is 2.00. The Kier molecular flexibility index (Phi) is 4.08. The molecular weight excluding hydrogens is 322 g/mol. The maximum absolute atomic E-state index is 13.6. The third-order valence-corrected chi connectivity index (χ3v) is 4.99. The van der Waals surface area contributed by atoms with Gasteiger partial charge in [0.15, 0.2) is 11.6 Å². The fourth-order valence-corrected chi connectivity index (χ4v) is 3.70. The number of hydrogen-bond donors (Lipinski definition) is 1. The van der Waals surface area contributed by atoms with Gasteiger partial charge in [-0.1, -0.05) is 18.2 Å². The molecule has 2 aromatic rings. The maximum Gasteiger partial charge on any atom is 0.238 e. The molecule has 7 heteroatoms. The highest BCUT2D eigenvalue weighted by molar-refractivity contribution is 7.89. The Hall–Kier alpha value is -1.99. The Bertz CT molecular complexity index is 853. The van der Waals surface area contributed by atoms with Crippen molar-refractivity contribution in [2.75, 3.05) is 11.4 Å². The van der Waals surface area contributed by atoms with E-state index < -0.39 is 21.7 Å². The molecule has 0 bridgehead atoms. The average Bonchev–Trinajstić information content (AvgIpc) is 2.49. The van der Waals surface area contributed by atoms with Gasteiger partial charge in [-0.3, -0.25) is 0 Å². The number of nitrogens with two attached hydrogens (primary N) is 1. The van der Waals surface area contributed by atoms with Gasteiger partial charge < -0.3 is 4.90 Å². The molecule has 0 amide bonds. The highest BCUT2D eigenvalue weighted by atomic mass is 32.2. The molecule has 0 aliphatic carbocycles. The molecule has 0 atom stereocenters. The molecule has 122 valence electrons. The number of anilines is 1. The van der Waals surface area contributed by atoms with Gasteiger partial charge in [0.1, 0.15) is 0 Å². The molecule has 0 aromatic heterocycles. The second kappa shape index (κ2) is 5.90. The number of nitrogens with zero attached hydrogens (tertiary/aromatic N) is 1. The Morgan fingerprint density at radius 2 is 1.83 bits per heavy atom. The van der Waals surface area contributed by atoms with Crippen LogP contribution < -0.4 is 10.0 Å². The number of sulfonamides is 1. The number of halogens is 2. The summed E-state index contributed by atoms with van der Waals surface area (Å²) in [7, 11) is -3.84. The summed E-state index contributed by atoms with van der Waals surface area (Å²) in [6.07, 6.45) is 1.45. The van der Waals surface area contributed by atoms with E-state index in [1.807, 2.05) is 4.90 Å². The van der Waals surface area contributed by atoms with Crippen LogP contribution in [0.3, 0.4) is 0 Å². The summed E-state index contributed by atoms with van der Waals surface area (Å²) in [6, 6.07) is 8.82. The first kappa shape index (κ1) is 15.9. The molecular formula is C16H16F2N2O2S. The lowest BCUT2D eigenvalue weighted by Crippen LogP contribution is -2.30. The fourth-order valence-electron chi connectivity index (χ4n) is 2.93. The van der Waals surface area contributed by atoms with Gasteiger partial charge in [-0.05, 0) is 36.1 Å². The van der Waals surface area contributed by atoms with E-state index in [1.165, 1.54) is 18.2 Å². The van der Waals surface area contributed by atoms with Crippen LogP contribution >= 0.6 is 0 Å². The van der Waals surface area contributed by atoms with Crippen LogP contribution in [0.4, 0.5) is 14.5 Å². The number of benzene rings is 2. The molecule has 2 N–H and O–H groups in total. The smallest absolute Gasteiger partial charge is 0.238 e. The van der Waals surface area contributed by atoms with Crippen LogP contribution in [0.1, 0.15) is 17.5 Å². The molecule has 23 heavy (non-hydrogen) atoms. The molecule has 0 unspecified atom stereocenters. The Labute approximate surface area is 133 Å². The molecule has 1 heterocycles. The van der Waals surface area contributed by atoms with Crippen LogP contribution in [0.15, 0.2) is 41.3 Å². The second-order valence-electron chi connectivity index (χ2n) is 5.57. The van der Waals surface area contributed by atoms with Gasteiger partial charge in [-0.2, -0.15) is 0 Å². The topological polar surface area (TPSA) is 63.4 Å². The molecule has 3 rings (SSSR count). The van der Waals surface area contributed by atoms with Crippen molar-refractivity contribution in [1.29, 1.82) is 0 Å². The molecule has 2 aromatic carbocycles. The van der Waals surface area contributed by atoms with E-state index in [0.717, 1.165) is 12.0 Å². The van der Waals surface area contributed by atoms with Crippen molar-refractivity contribution in [1.82, 2.24) is 0 Å². The summed E-state index contributed by atoms with van der Waals surface area (Å²) >= 11 is 0. The number of primary sulfonamides is 1. The van der Waals surface area contributed by atoms with E-state index in [4.69, 9.17) is 5.14 Å². The number of hydrogen-bond acceptors (Lipinski definition) is 3. The summed E-state index contributed by atoms with van der Waals surface area (Å²) in [6.45, 7) is 0.904. The third-order valence-electron chi connectivity index (χ3n) is 3.98. The zero-order chi connectivity index (χ0) is 16.6. The standard InChI is InChI=1S/C16H16F2N2O2S/c17-13-8-11-5-3-7-20(15(11)9-14(13)18)10-12-4-1-2-6-16(12)23(19,21)22/h1-2,4,6,8-9H,3,5,7,10H2,(H2,19,21,22). The zero-order valence-electron chi connectivity index (χ0n) is 12.3. The van der Waals surface area contributed by atoms with Gasteiger partial charge >= 0.3 is 0 Å². The minimum absolute atomic E-state index is 0.0507. The molecule has 1 aliphatic rings. The van der Waals surface area contributed by atoms with Gasteiger partial charge in [0.2, 0.25) is 10.0 Å². The van der Waals surface area contributed by atoms with Crippen LogP contribution in [0.25, 0.3) is 0 Å². The zero-order valence-corrected chi connectivity index (χ0v) is 13.1. The molecule has 0 saturated carbocycles. The van der Waals surface area contributed by atoms with Gasteiger partial charge in [0.05, 0.1) is 4.90 Å². The molecule has 0 spiro atoms. The average molecular weight is 338 g/mol. The number of fused-ring (bicyclic) bond motifs is 1. The monoisotopic (exact) mass is 338 g/mol. The van der Waals surface area contributed by atoms with Gasteiger partial charge in [0, 0.05) is 24.8 Å². The SMILES string of the molecule is NS(=O)(=O)c1ccccc1CN1CCCc2cc(F)c(F)cc21. The van der Waals surface area contributed by atoms with Gasteiger partial charge in [-0.25, -0.2) is 22.3 Å². The lowest BCUT2D eigenvalue weighted by molar-refractivity contribution is 0.504. The van der Waals surface area contributed by atoms with Crippen molar-refractivity contribution in [2.24, 2.45) is 5.14 Å². The van der Waals surface area contributed by atoms with E-state index in [1.54, 1.807) is 18.2 Å². The predicted octanol–water partition coefficient (Wildman–Crippen LogP) is 2.57. The summed E-state index contributed by atoms with van der Waals surface area (Å²) < 4.78 is 50.3. The lowest BCUT2D eigenvalue weighted by Gasteiger charge is -2.32. The normalized spacial score (nSPS) is 14.7. The maximum atomic E-state index is 13.6. The first-order valence-corrected chi connectivity index (χ1v) is 8.74. The van der Waals surface area contributed by atoms with Crippen molar-refractivity contribution in [3.05, 3.63) is 59.2 Å². The highest BCUT2D eigenvalue weighted by Crippen LogP contribution is 2.31. The predicted molar refractivity (Wildman–Crippen MR) is 83.5 cm³/mol. The number of rotatable bonds is 3. The number of aryl methyl sites for hydroxylation is 1. The third kappa shape index (κ3) is 3.20.